The van der Waals surface area contributed by atoms with Crippen LogP contribution in [0.1, 0.15) is 47.0 Å². The van der Waals surface area contributed by atoms with E-state index >= 15 is 0 Å². The molecule has 0 aromatic rings. The molecule has 2 nitrogen and oxygen atoms in total. The van der Waals surface area contributed by atoms with E-state index < -0.39 is 0 Å². The molecular weight excluding hydrogens is 220 g/mol. The average molecular weight is 249 g/mol. The van der Waals surface area contributed by atoms with Crippen LogP contribution in [0.3, 0.4) is 0 Å². The Morgan fingerprint density at radius 1 is 1.19 bits per heavy atom. The fourth-order valence-electron chi connectivity index (χ4n) is 2.25. The van der Waals surface area contributed by atoms with Crippen LogP contribution in [0.25, 0.3) is 0 Å². The second kappa shape index (κ2) is 7.52. The lowest BCUT2D eigenvalue weighted by Gasteiger charge is -2.28. The first-order chi connectivity index (χ1) is 7.03. The molecule has 0 saturated carbocycles. The summed E-state index contributed by atoms with van der Waals surface area (Å²) in [6.45, 7) is 14.1. The molecule has 16 heavy (non-hydrogen) atoms. The van der Waals surface area contributed by atoms with Crippen molar-refractivity contribution >= 4 is 12.4 Å². The van der Waals surface area contributed by atoms with Crippen molar-refractivity contribution in [1.82, 2.24) is 10.2 Å². The molecule has 0 amide bonds. The van der Waals surface area contributed by atoms with Gasteiger partial charge in [-0.05, 0) is 37.8 Å². The average Bonchev–Trinajstić information content (AvgIpc) is 2.63. The molecule has 0 aromatic carbocycles. The van der Waals surface area contributed by atoms with Crippen LogP contribution in [0.15, 0.2) is 0 Å². The minimum absolute atomic E-state index is 0. The lowest BCUT2D eigenvalue weighted by molar-refractivity contribution is 0.222. The van der Waals surface area contributed by atoms with Gasteiger partial charge in [0.15, 0.2) is 0 Å². The Kier molecular flexibility index (Phi) is 7.62. The molecule has 3 heteroatoms. The van der Waals surface area contributed by atoms with Crippen LogP contribution in [0.4, 0.5) is 0 Å². The van der Waals surface area contributed by atoms with Crippen LogP contribution in [-0.2, 0) is 0 Å². The third-order valence-electron chi connectivity index (χ3n) is 3.16. The van der Waals surface area contributed by atoms with Crippen molar-refractivity contribution < 1.29 is 0 Å². The van der Waals surface area contributed by atoms with E-state index in [-0.39, 0.29) is 12.4 Å². The van der Waals surface area contributed by atoms with Crippen molar-refractivity contribution in [2.75, 3.05) is 26.2 Å². The molecule has 0 aliphatic carbocycles. The second-order valence-electron chi connectivity index (χ2n) is 6.00. The van der Waals surface area contributed by atoms with Gasteiger partial charge in [-0.15, -0.1) is 12.4 Å². The molecule has 1 unspecified atom stereocenters. The maximum atomic E-state index is 3.61. The predicted octanol–water partition coefficient (Wildman–Crippen LogP) is 2.92. The van der Waals surface area contributed by atoms with Crippen LogP contribution in [0.5, 0.6) is 0 Å². The molecule has 1 rings (SSSR count). The van der Waals surface area contributed by atoms with Gasteiger partial charge in [-0.2, -0.15) is 0 Å². The van der Waals surface area contributed by atoms with Gasteiger partial charge in [0.1, 0.15) is 0 Å². The van der Waals surface area contributed by atoms with Crippen LogP contribution in [0.2, 0.25) is 0 Å². The van der Waals surface area contributed by atoms with Gasteiger partial charge in [0.05, 0.1) is 0 Å². The maximum absolute atomic E-state index is 3.61. The minimum Gasteiger partial charge on any atom is -0.315 e. The van der Waals surface area contributed by atoms with Crippen molar-refractivity contribution in [1.29, 1.82) is 0 Å². The predicted molar refractivity (Wildman–Crippen MR) is 74.5 cm³/mol. The summed E-state index contributed by atoms with van der Waals surface area (Å²) in [5, 5.41) is 3.61. The van der Waals surface area contributed by atoms with Gasteiger partial charge in [0.25, 0.3) is 0 Å². The number of nitrogens with one attached hydrogen (secondary N) is 1. The summed E-state index contributed by atoms with van der Waals surface area (Å²) in [6.07, 6.45) is 4.07. The van der Waals surface area contributed by atoms with E-state index in [2.05, 4.69) is 37.9 Å². The summed E-state index contributed by atoms with van der Waals surface area (Å²) in [5.74, 6) is 0. The standard InChI is InChI=1S/C13H28N2.ClH/c1-5-12(15-8-6-7-9-15)10-14-11-13(2,3)4;/h12,14H,5-11H2,1-4H3;1H. The summed E-state index contributed by atoms with van der Waals surface area (Å²) in [4.78, 5) is 2.65. The van der Waals surface area contributed by atoms with Crippen LogP contribution in [-0.4, -0.2) is 37.1 Å². The number of halogens is 1. The molecule has 1 aliphatic heterocycles. The van der Waals surface area contributed by atoms with Crippen molar-refractivity contribution in [2.24, 2.45) is 5.41 Å². The van der Waals surface area contributed by atoms with Gasteiger partial charge in [-0.3, -0.25) is 4.90 Å². The third-order valence-corrected chi connectivity index (χ3v) is 3.16. The monoisotopic (exact) mass is 248 g/mol. The molecule has 1 atom stereocenters. The molecule has 1 N–H and O–H groups in total. The molecule has 1 saturated heterocycles. The zero-order valence-corrected chi connectivity index (χ0v) is 12.2. The Labute approximate surface area is 108 Å². The summed E-state index contributed by atoms with van der Waals surface area (Å²) in [6, 6.07) is 0.759. The quantitative estimate of drug-likeness (QED) is 0.805. The fraction of sp³-hybridized carbons (Fsp3) is 1.00. The number of hydrogen-bond acceptors (Lipinski definition) is 2. The Bertz CT molecular complexity index is 171. The summed E-state index contributed by atoms with van der Waals surface area (Å²) >= 11 is 0. The van der Waals surface area contributed by atoms with E-state index in [1.807, 2.05) is 0 Å². The van der Waals surface area contributed by atoms with Gasteiger partial charge < -0.3 is 5.32 Å². The Morgan fingerprint density at radius 2 is 1.75 bits per heavy atom. The fourth-order valence-corrected chi connectivity index (χ4v) is 2.25. The molecular formula is C13H29ClN2. The van der Waals surface area contributed by atoms with E-state index in [9.17, 15) is 0 Å². The lowest BCUT2D eigenvalue weighted by atomic mass is 9.97. The first-order valence-corrected chi connectivity index (χ1v) is 6.47. The van der Waals surface area contributed by atoms with Gasteiger partial charge in [-0.25, -0.2) is 0 Å². The van der Waals surface area contributed by atoms with Crippen LogP contribution in [0, 0.1) is 5.41 Å². The van der Waals surface area contributed by atoms with Crippen LogP contribution < -0.4 is 5.32 Å². The smallest absolute Gasteiger partial charge is 0.0218 e. The first-order valence-electron chi connectivity index (χ1n) is 6.47. The maximum Gasteiger partial charge on any atom is 0.0218 e. The van der Waals surface area contributed by atoms with E-state index in [0.29, 0.717) is 5.41 Å². The molecule has 0 radical (unpaired) electrons. The molecule has 1 aliphatic rings. The topological polar surface area (TPSA) is 15.3 Å². The van der Waals surface area contributed by atoms with Crippen molar-refractivity contribution in [2.45, 2.75) is 53.0 Å². The number of likely N-dealkylation sites (tertiary alicyclic amines) is 1. The van der Waals surface area contributed by atoms with Crippen molar-refractivity contribution in [3.63, 3.8) is 0 Å². The normalized spacial score (nSPS) is 19.5. The highest BCUT2D eigenvalue weighted by atomic mass is 35.5. The van der Waals surface area contributed by atoms with E-state index in [1.165, 1.54) is 32.4 Å². The zero-order valence-electron chi connectivity index (χ0n) is 11.4. The number of rotatable bonds is 5. The highest BCUT2D eigenvalue weighted by Gasteiger charge is 2.20. The first kappa shape index (κ1) is 16.2. The van der Waals surface area contributed by atoms with Gasteiger partial charge in [0, 0.05) is 19.1 Å². The Morgan fingerprint density at radius 3 is 2.19 bits per heavy atom. The third kappa shape index (κ3) is 6.07. The van der Waals surface area contributed by atoms with Crippen molar-refractivity contribution in [3.05, 3.63) is 0 Å². The molecule has 98 valence electrons. The number of hydrogen-bond donors (Lipinski definition) is 1. The lowest BCUT2D eigenvalue weighted by Crippen LogP contribution is -2.42. The van der Waals surface area contributed by atoms with E-state index in [1.54, 1.807) is 0 Å². The minimum atomic E-state index is 0. The number of nitrogens with zero attached hydrogens (tertiary/aromatic N) is 1. The second-order valence-corrected chi connectivity index (χ2v) is 6.00. The molecule has 0 aromatic heterocycles. The summed E-state index contributed by atoms with van der Waals surface area (Å²) in [7, 11) is 0. The molecule has 0 spiro atoms. The highest BCUT2D eigenvalue weighted by molar-refractivity contribution is 5.85. The van der Waals surface area contributed by atoms with Crippen molar-refractivity contribution in [3.8, 4) is 0 Å². The SMILES string of the molecule is CCC(CNCC(C)(C)C)N1CCCC1.Cl. The van der Waals surface area contributed by atoms with Crippen LogP contribution >= 0.6 is 12.4 Å². The highest BCUT2D eigenvalue weighted by Crippen LogP contribution is 2.14. The Balaban J connectivity index is 0.00000225. The molecule has 0 bridgehead atoms. The van der Waals surface area contributed by atoms with E-state index in [4.69, 9.17) is 0 Å². The molecule has 1 heterocycles. The van der Waals surface area contributed by atoms with Gasteiger partial charge in [0.2, 0.25) is 0 Å². The Hall–Kier alpha value is 0.210. The summed E-state index contributed by atoms with van der Waals surface area (Å²) in [5.41, 5.74) is 0.406. The van der Waals surface area contributed by atoms with Gasteiger partial charge in [-0.1, -0.05) is 27.7 Å². The summed E-state index contributed by atoms with van der Waals surface area (Å²) < 4.78 is 0. The zero-order chi connectivity index (χ0) is 11.3. The largest absolute Gasteiger partial charge is 0.315 e. The van der Waals surface area contributed by atoms with E-state index in [0.717, 1.165) is 19.1 Å². The van der Waals surface area contributed by atoms with Gasteiger partial charge >= 0.3 is 0 Å². The molecule has 1 fully saturated rings.